The third-order valence-corrected chi connectivity index (χ3v) is 6.55. The Morgan fingerprint density at radius 2 is 1.95 bits per heavy atom. The lowest BCUT2D eigenvalue weighted by atomic mass is 9.92. The van der Waals surface area contributed by atoms with E-state index in [4.69, 9.17) is 10.5 Å². The number of piperidine rings is 1. The van der Waals surface area contributed by atoms with Gasteiger partial charge in [-0.2, -0.15) is 4.31 Å². The van der Waals surface area contributed by atoms with E-state index in [1.807, 2.05) is 6.92 Å². The molecule has 1 unspecified atom stereocenters. The Morgan fingerprint density at radius 1 is 1.36 bits per heavy atom. The summed E-state index contributed by atoms with van der Waals surface area (Å²) < 4.78 is 32.8. The van der Waals surface area contributed by atoms with Crippen LogP contribution in [0.1, 0.15) is 19.8 Å². The second kappa shape index (κ2) is 7.97. The van der Waals surface area contributed by atoms with Crippen LogP contribution in [0.3, 0.4) is 0 Å². The highest BCUT2D eigenvalue weighted by atomic mass is 79.9. The van der Waals surface area contributed by atoms with Crippen LogP contribution in [0.25, 0.3) is 0 Å². The number of rotatable bonds is 4. The van der Waals surface area contributed by atoms with Crippen molar-refractivity contribution in [3.05, 3.63) is 22.7 Å². The number of halogens is 2. The molecule has 126 valence electrons. The van der Waals surface area contributed by atoms with E-state index in [1.165, 1.54) is 11.4 Å². The summed E-state index contributed by atoms with van der Waals surface area (Å²) in [5.41, 5.74) is 5.90. The molecule has 0 aliphatic carbocycles. The van der Waals surface area contributed by atoms with Gasteiger partial charge in [-0.25, -0.2) is 8.42 Å². The third-order valence-electron chi connectivity index (χ3n) is 4.00. The first-order valence-corrected chi connectivity index (χ1v) is 9.19. The van der Waals surface area contributed by atoms with Crippen molar-refractivity contribution >= 4 is 38.4 Å². The molecule has 1 aliphatic heterocycles. The van der Waals surface area contributed by atoms with Crippen LogP contribution < -0.4 is 10.5 Å². The minimum absolute atomic E-state index is 0. The summed E-state index contributed by atoms with van der Waals surface area (Å²) >= 11 is 3.33. The highest BCUT2D eigenvalue weighted by Gasteiger charge is 2.30. The monoisotopic (exact) mass is 412 g/mol. The maximum absolute atomic E-state index is 12.7. The lowest BCUT2D eigenvalue weighted by Gasteiger charge is -2.33. The summed E-state index contributed by atoms with van der Waals surface area (Å²) in [5.74, 6) is 0.914. The van der Waals surface area contributed by atoms with Gasteiger partial charge in [0.15, 0.2) is 0 Å². The molecule has 1 aliphatic rings. The van der Waals surface area contributed by atoms with Crippen LogP contribution in [0.2, 0.25) is 0 Å². The van der Waals surface area contributed by atoms with Gasteiger partial charge < -0.3 is 10.5 Å². The second-order valence-electron chi connectivity index (χ2n) is 5.40. The van der Waals surface area contributed by atoms with Gasteiger partial charge in [0, 0.05) is 25.2 Å². The Bertz CT molecular complexity index is 602. The SMILES string of the molecule is COc1cc(S(=O)(=O)N2CCC(C(C)N)CC2)ccc1Br.Cl. The molecule has 0 spiro atoms. The molecule has 1 aromatic rings. The van der Waals surface area contributed by atoms with E-state index in [-0.39, 0.29) is 23.3 Å². The molecule has 0 saturated carbocycles. The van der Waals surface area contributed by atoms with E-state index in [1.54, 1.807) is 18.2 Å². The van der Waals surface area contributed by atoms with Crippen LogP contribution in [0, 0.1) is 5.92 Å². The average molecular weight is 414 g/mol. The fraction of sp³-hybridized carbons (Fsp3) is 0.571. The average Bonchev–Trinajstić information content (AvgIpc) is 2.47. The predicted molar refractivity (Wildman–Crippen MR) is 93.1 cm³/mol. The zero-order valence-corrected chi connectivity index (χ0v) is 15.9. The van der Waals surface area contributed by atoms with E-state index in [9.17, 15) is 8.42 Å². The van der Waals surface area contributed by atoms with E-state index in [2.05, 4.69) is 15.9 Å². The minimum atomic E-state index is -3.47. The Morgan fingerprint density at radius 3 is 2.45 bits per heavy atom. The maximum Gasteiger partial charge on any atom is 0.243 e. The molecule has 2 rings (SSSR count). The zero-order chi connectivity index (χ0) is 15.6. The lowest BCUT2D eigenvalue weighted by Crippen LogP contribution is -2.42. The number of benzene rings is 1. The van der Waals surface area contributed by atoms with Crippen LogP contribution in [-0.4, -0.2) is 39.0 Å². The van der Waals surface area contributed by atoms with E-state index < -0.39 is 10.0 Å². The van der Waals surface area contributed by atoms with Crippen LogP contribution in [0.4, 0.5) is 0 Å². The summed E-state index contributed by atoms with van der Waals surface area (Å²) in [7, 11) is -1.95. The Kier molecular flexibility index (Phi) is 7.14. The number of methoxy groups -OCH3 is 1. The molecule has 5 nitrogen and oxygen atoms in total. The fourth-order valence-corrected chi connectivity index (χ4v) is 4.49. The molecular formula is C14H22BrClN2O3S. The largest absolute Gasteiger partial charge is 0.496 e. The Balaban J connectivity index is 0.00000242. The summed E-state index contributed by atoms with van der Waals surface area (Å²) in [6.45, 7) is 3.02. The van der Waals surface area contributed by atoms with Crippen molar-refractivity contribution in [2.75, 3.05) is 20.2 Å². The molecule has 1 aromatic carbocycles. The van der Waals surface area contributed by atoms with Crippen LogP contribution in [0.15, 0.2) is 27.6 Å². The number of ether oxygens (including phenoxy) is 1. The van der Waals surface area contributed by atoms with Crippen molar-refractivity contribution in [3.63, 3.8) is 0 Å². The van der Waals surface area contributed by atoms with Crippen LogP contribution in [-0.2, 0) is 10.0 Å². The molecule has 0 bridgehead atoms. The summed E-state index contributed by atoms with van der Waals surface area (Å²) in [6, 6.07) is 4.96. The van der Waals surface area contributed by atoms with E-state index >= 15 is 0 Å². The van der Waals surface area contributed by atoms with Gasteiger partial charge in [0.05, 0.1) is 16.5 Å². The van der Waals surface area contributed by atoms with Gasteiger partial charge in [-0.15, -0.1) is 12.4 Å². The van der Waals surface area contributed by atoms with Crippen molar-refractivity contribution < 1.29 is 13.2 Å². The van der Waals surface area contributed by atoms with E-state index in [0.29, 0.717) is 24.8 Å². The zero-order valence-electron chi connectivity index (χ0n) is 12.7. The molecule has 1 fully saturated rings. The Labute approximate surface area is 146 Å². The number of sulfonamides is 1. The first-order valence-electron chi connectivity index (χ1n) is 6.95. The third kappa shape index (κ3) is 4.14. The van der Waals surface area contributed by atoms with Crippen molar-refractivity contribution in [2.24, 2.45) is 11.7 Å². The van der Waals surface area contributed by atoms with Gasteiger partial charge in [-0.05, 0) is 53.7 Å². The normalized spacial score (nSPS) is 18.5. The predicted octanol–water partition coefficient (Wildman–Crippen LogP) is 2.63. The molecule has 0 aromatic heterocycles. The molecule has 1 saturated heterocycles. The second-order valence-corrected chi connectivity index (χ2v) is 8.19. The smallest absolute Gasteiger partial charge is 0.243 e. The molecule has 1 atom stereocenters. The molecule has 0 radical (unpaired) electrons. The van der Waals surface area contributed by atoms with Crippen molar-refractivity contribution in [3.8, 4) is 5.75 Å². The molecular weight excluding hydrogens is 392 g/mol. The van der Waals surface area contributed by atoms with Gasteiger partial charge in [-0.3, -0.25) is 0 Å². The topological polar surface area (TPSA) is 72.6 Å². The van der Waals surface area contributed by atoms with Crippen LogP contribution >= 0.6 is 28.3 Å². The molecule has 22 heavy (non-hydrogen) atoms. The number of nitrogens with two attached hydrogens (primary N) is 1. The summed E-state index contributed by atoms with van der Waals surface area (Å²) in [5, 5.41) is 0. The van der Waals surface area contributed by atoms with Gasteiger partial charge in [-0.1, -0.05) is 0 Å². The number of hydrogen-bond acceptors (Lipinski definition) is 4. The summed E-state index contributed by atoms with van der Waals surface area (Å²) in [6.07, 6.45) is 1.62. The van der Waals surface area contributed by atoms with Gasteiger partial charge in [0.1, 0.15) is 5.75 Å². The van der Waals surface area contributed by atoms with Crippen molar-refractivity contribution in [2.45, 2.75) is 30.7 Å². The van der Waals surface area contributed by atoms with Crippen molar-refractivity contribution in [1.82, 2.24) is 4.31 Å². The lowest BCUT2D eigenvalue weighted by molar-refractivity contribution is 0.250. The fourth-order valence-electron chi connectivity index (χ4n) is 2.59. The van der Waals surface area contributed by atoms with Gasteiger partial charge in [0.2, 0.25) is 10.0 Å². The molecule has 0 amide bonds. The first-order chi connectivity index (χ1) is 9.86. The van der Waals surface area contributed by atoms with Gasteiger partial charge in [0.25, 0.3) is 0 Å². The van der Waals surface area contributed by atoms with Gasteiger partial charge >= 0.3 is 0 Å². The minimum Gasteiger partial charge on any atom is -0.496 e. The summed E-state index contributed by atoms with van der Waals surface area (Å²) in [4.78, 5) is 0.266. The molecule has 2 N–H and O–H groups in total. The first kappa shape index (κ1) is 19.7. The van der Waals surface area contributed by atoms with Crippen LogP contribution in [0.5, 0.6) is 5.75 Å². The van der Waals surface area contributed by atoms with E-state index in [0.717, 1.165) is 17.3 Å². The Hall–Kier alpha value is -0.340. The maximum atomic E-state index is 12.7. The molecule has 1 heterocycles. The van der Waals surface area contributed by atoms with Crippen molar-refractivity contribution in [1.29, 1.82) is 0 Å². The number of nitrogens with zero attached hydrogens (tertiary/aromatic N) is 1. The quantitative estimate of drug-likeness (QED) is 0.823. The highest BCUT2D eigenvalue weighted by Crippen LogP contribution is 2.30. The number of hydrogen-bond donors (Lipinski definition) is 1. The molecule has 8 heteroatoms. The highest BCUT2D eigenvalue weighted by molar-refractivity contribution is 9.10. The standard InChI is InChI=1S/C14H21BrN2O3S.ClH/c1-10(16)11-5-7-17(8-6-11)21(18,19)12-3-4-13(15)14(9-12)20-2;/h3-4,9-11H,5-8,16H2,1-2H3;1H.